The molecule has 0 aromatic heterocycles. The predicted molar refractivity (Wildman–Crippen MR) is 107 cm³/mol. The van der Waals surface area contributed by atoms with Gasteiger partial charge >= 0.3 is 0 Å². The lowest BCUT2D eigenvalue weighted by Crippen LogP contribution is -2.49. The van der Waals surface area contributed by atoms with E-state index in [9.17, 15) is 5.11 Å². The van der Waals surface area contributed by atoms with Crippen molar-refractivity contribution in [2.24, 2.45) is 0 Å². The summed E-state index contributed by atoms with van der Waals surface area (Å²) in [6.07, 6.45) is 1.78. The molecule has 0 unspecified atom stereocenters. The van der Waals surface area contributed by atoms with Crippen LogP contribution in [0.15, 0.2) is 54.6 Å². The van der Waals surface area contributed by atoms with Crippen LogP contribution in [0, 0.1) is 0 Å². The van der Waals surface area contributed by atoms with Crippen LogP contribution >= 0.6 is 0 Å². The van der Waals surface area contributed by atoms with Crippen LogP contribution in [0.1, 0.15) is 18.9 Å². The second-order valence-corrected chi connectivity index (χ2v) is 6.98. The van der Waals surface area contributed by atoms with Gasteiger partial charge in [-0.1, -0.05) is 43.7 Å². The molecule has 2 aromatic carbocycles. The molecular weight excluding hydrogens is 324 g/mol. The summed E-state index contributed by atoms with van der Waals surface area (Å²) in [4.78, 5) is 4.72. The van der Waals surface area contributed by atoms with Crippen LogP contribution in [-0.4, -0.2) is 55.4 Å². The summed E-state index contributed by atoms with van der Waals surface area (Å²) < 4.78 is 5.75. The molecule has 1 heterocycles. The average molecular weight is 354 g/mol. The molecule has 1 fully saturated rings. The summed E-state index contributed by atoms with van der Waals surface area (Å²) >= 11 is 0. The van der Waals surface area contributed by atoms with Gasteiger partial charge in [0, 0.05) is 38.4 Å². The van der Waals surface area contributed by atoms with Gasteiger partial charge in [0.15, 0.2) is 0 Å². The van der Waals surface area contributed by atoms with Gasteiger partial charge in [-0.15, -0.1) is 0 Å². The zero-order valence-corrected chi connectivity index (χ0v) is 15.7. The first-order valence-corrected chi connectivity index (χ1v) is 9.66. The van der Waals surface area contributed by atoms with Crippen LogP contribution in [0.2, 0.25) is 0 Å². The first kappa shape index (κ1) is 18.7. The number of piperazine rings is 1. The van der Waals surface area contributed by atoms with Gasteiger partial charge < -0.3 is 14.7 Å². The number of aliphatic hydroxyl groups excluding tert-OH is 1. The molecule has 0 bridgehead atoms. The standard InChI is InChI=1S/C22H30N2O2/c1-2-6-19-9-11-22(12-10-19)26-18-21(25)17-23-13-15-24(16-14-23)20-7-4-3-5-8-20/h3-5,7-12,21,25H,2,6,13-18H2,1H3/t21-/m1/s1. The number of aryl methyl sites for hydroxylation is 1. The van der Waals surface area contributed by atoms with E-state index in [1.807, 2.05) is 18.2 Å². The molecule has 0 amide bonds. The molecule has 1 aliphatic heterocycles. The third-order valence-electron chi connectivity index (χ3n) is 4.87. The Kier molecular flexibility index (Phi) is 6.92. The van der Waals surface area contributed by atoms with E-state index in [0.717, 1.165) is 44.8 Å². The van der Waals surface area contributed by atoms with Crippen molar-refractivity contribution in [3.8, 4) is 5.75 Å². The van der Waals surface area contributed by atoms with Gasteiger partial charge in [-0.05, 0) is 36.2 Å². The van der Waals surface area contributed by atoms with Crippen LogP contribution in [0.3, 0.4) is 0 Å². The van der Waals surface area contributed by atoms with Gasteiger partial charge in [0.25, 0.3) is 0 Å². The molecule has 4 nitrogen and oxygen atoms in total. The quantitative estimate of drug-likeness (QED) is 0.790. The Morgan fingerprint density at radius 3 is 2.31 bits per heavy atom. The SMILES string of the molecule is CCCc1ccc(OC[C@H](O)CN2CCN(c3ccccc3)CC2)cc1. The van der Waals surface area contributed by atoms with E-state index in [4.69, 9.17) is 4.74 Å². The molecule has 2 aromatic rings. The maximum atomic E-state index is 10.3. The van der Waals surface area contributed by atoms with Crippen molar-refractivity contribution >= 4 is 5.69 Å². The van der Waals surface area contributed by atoms with Crippen molar-refractivity contribution in [3.63, 3.8) is 0 Å². The second-order valence-electron chi connectivity index (χ2n) is 6.98. The van der Waals surface area contributed by atoms with Crippen LogP contribution < -0.4 is 9.64 Å². The van der Waals surface area contributed by atoms with Crippen LogP contribution in [0.25, 0.3) is 0 Å². The normalized spacial score (nSPS) is 16.5. The molecule has 1 N–H and O–H groups in total. The van der Waals surface area contributed by atoms with E-state index in [2.05, 4.69) is 53.1 Å². The number of anilines is 1. The Bertz CT molecular complexity index is 637. The maximum absolute atomic E-state index is 10.3. The molecule has 0 saturated carbocycles. The second kappa shape index (κ2) is 9.60. The van der Waals surface area contributed by atoms with Gasteiger partial charge in [-0.3, -0.25) is 4.90 Å². The smallest absolute Gasteiger partial charge is 0.119 e. The van der Waals surface area contributed by atoms with Crippen molar-refractivity contribution < 1.29 is 9.84 Å². The number of β-amino-alcohol motifs (C(OH)–C–C–N with tert-alkyl or cyclic N) is 1. The van der Waals surface area contributed by atoms with Gasteiger partial charge in [0.05, 0.1) is 0 Å². The minimum atomic E-state index is -0.464. The van der Waals surface area contributed by atoms with E-state index in [1.165, 1.54) is 11.3 Å². The third kappa shape index (κ3) is 5.48. The summed E-state index contributed by atoms with van der Waals surface area (Å²) in [5.41, 5.74) is 2.61. The first-order chi connectivity index (χ1) is 12.7. The predicted octanol–water partition coefficient (Wildman–Crippen LogP) is 3.20. The van der Waals surface area contributed by atoms with Crippen LogP contribution in [0.4, 0.5) is 5.69 Å². The average Bonchev–Trinajstić information content (AvgIpc) is 2.69. The molecule has 1 aliphatic rings. The largest absolute Gasteiger partial charge is 0.491 e. The third-order valence-corrected chi connectivity index (χ3v) is 4.87. The van der Waals surface area contributed by atoms with E-state index < -0.39 is 6.10 Å². The highest BCUT2D eigenvalue weighted by molar-refractivity contribution is 5.46. The van der Waals surface area contributed by atoms with Crippen LogP contribution in [0.5, 0.6) is 5.75 Å². The molecule has 0 aliphatic carbocycles. The molecule has 140 valence electrons. The lowest BCUT2D eigenvalue weighted by molar-refractivity contribution is 0.0663. The number of hydrogen-bond acceptors (Lipinski definition) is 4. The minimum absolute atomic E-state index is 0.339. The van der Waals surface area contributed by atoms with Gasteiger partial charge in [-0.25, -0.2) is 0 Å². The molecule has 3 rings (SSSR count). The maximum Gasteiger partial charge on any atom is 0.119 e. The molecule has 1 saturated heterocycles. The number of nitrogens with zero attached hydrogens (tertiary/aromatic N) is 2. The fourth-order valence-corrected chi connectivity index (χ4v) is 3.41. The monoisotopic (exact) mass is 354 g/mol. The fraction of sp³-hybridized carbons (Fsp3) is 0.455. The van der Waals surface area contributed by atoms with E-state index >= 15 is 0 Å². The van der Waals surface area contributed by atoms with E-state index in [0.29, 0.717) is 13.2 Å². The number of benzene rings is 2. The highest BCUT2D eigenvalue weighted by Crippen LogP contribution is 2.16. The first-order valence-electron chi connectivity index (χ1n) is 9.66. The lowest BCUT2D eigenvalue weighted by Gasteiger charge is -2.36. The number of ether oxygens (including phenoxy) is 1. The number of hydrogen-bond donors (Lipinski definition) is 1. The highest BCUT2D eigenvalue weighted by atomic mass is 16.5. The van der Waals surface area contributed by atoms with Gasteiger partial charge in [0.1, 0.15) is 18.5 Å². The van der Waals surface area contributed by atoms with Gasteiger partial charge in [0.2, 0.25) is 0 Å². The van der Waals surface area contributed by atoms with E-state index in [1.54, 1.807) is 0 Å². The van der Waals surface area contributed by atoms with Crippen molar-refractivity contribution in [2.75, 3.05) is 44.2 Å². The number of rotatable bonds is 8. The van der Waals surface area contributed by atoms with Crippen LogP contribution in [-0.2, 0) is 6.42 Å². The van der Waals surface area contributed by atoms with Crippen molar-refractivity contribution in [1.29, 1.82) is 0 Å². The van der Waals surface area contributed by atoms with Gasteiger partial charge in [-0.2, -0.15) is 0 Å². The molecule has 0 spiro atoms. The summed E-state index contributed by atoms with van der Waals surface area (Å²) in [6.45, 7) is 7.12. The topological polar surface area (TPSA) is 35.9 Å². The Labute approximate surface area is 157 Å². The number of aliphatic hydroxyl groups is 1. The summed E-state index contributed by atoms with van der Waals surface area (Å²) in [5.74, 6) is 0.831. The Balaban J connectivity index is 1.38. The molecule has 1 atom stereocenters. The Morgan fingerprint density at radius 2 is 1.65 bits per heavy atom. The lowest BCUT2D eigenvalue weighted by atomic mass is 10.1. The van der Waals surface area contributed by atoms with E-state index in [-0.39, 0.29) is 0 Å². The minimum Gasteiger partial charge on any atom is -0.491 e. The van der Waals surface area contributed by atoms with Crippen molar-refractivity contribution in [3.05, 3.63) is 60.2 Å². The fourth-order valence-electron chi connectivity index (χ4n) is 3.41. The Morgan fingerprint density at radius 1 is 0.962 bits per heavy atom. The van der Waals surface area contributed by atoms with Crippen molar-refractivity contribution in [2.45, 2.75) is 25.9 Å². The molecule has 26 heavy (non-hydrogen) atoms. The molecule has 0 radical (unpaired) electrons. The summed E-state index contributed by atoms with van der Waals surface area (Å²) in [7, 11) is 0. The molecular formula is C22H30N2O2. The van der Waals surface area contributed by atoms with Crippen molar-refractivity contribution in [1.82, 2.24) is 4.90 Å². The molecule has 4 heteroatoms. The highest BCUT2D eigenvalue weighted by Gasteiger charge is 2.19. The zero-order chi connectivity index (χ0) is 18.2. The number of para-hydroxylation sites is 1. The summed E-state index contributed by atoms with van der Waals surface area (Å²) in [5, 5.41) is 10.3. The summed E-state index contributed by atoms with van der Waals surface area (Å²) in [6, 6.07) is 18.7. The Hall–Kier alpha value is -2.04. The zero-order valence-electron chi connectivity index (χ0n) is 15.7.